The van der Waals surface area contributed by atoms with Crippen molar-refractivity contribution >= 4 is 23.8 Å². The molecule has 0 aliphatic carbocycles. The molecule has 34 heavy (non-hydrogen) atoms. The number of carbonyl (C=O) groups excluding carboxylic acids is 2. The van der Waals surface area contributed by atoms with E-state index in [9.17, 15) is 19.2 Å². The molecule has 0 saturated heterocycles. The Bertz CT molecular complexity index is 583. The Labute approximate surface area is 204 Å². The third-order valence-electron chi connectivity index (χ3n) is 4.77. The van der Waals surface area contributed by atoms with Crippen LogP contribution in [0.5, 0.6) is 0 Å². The van der Waals surface area contributed by atoms with Crippen LogP contribution in [0.25, 0.3) is 0 Å². The maximum atomic E-state index is 11.7. The van der Waals surface area contributed by atoms with Gasteiger partial charge in [-0.25, -0.2) is 9.59 Å². The van der Waals surface area contributed by atoms with Crippen molar-refractivity contribution in [1.29, 1.82) is 0 Å². The molecule has 0 bridgehead atoms. The van der Waals surface area contributed by atoms with E-state index in [4.69, 9.17) is 21.7 Å². The lowest BCUT2D eigenvalue weighted by atomic mass is 10.0. The molecule has 0 aliphatic heterocycles. The number of amides is 2. The molecule has 0 saturated carbocycles. The molecule has 0 unspecified atom stereocenters. The molecule has 0 aliphatic rings. The molecule has 0 aromatic rings. The molecule has 4 atom stereocenters. The maximum Gasteiger partial charge on any atom is 0.326 e. The predicted molar refractivity (Wildman–Crippen MR) is 133 cm³/mol. The number of hydrogen-bond acceptors (Lipinski definition) is 6. The molecular weight excluding hydrogens is 440 g/mol. The number of carbonyl (C=O) groups is 4. The summed E-state index contributed by atoms with van der Waals surface area (Å²) >= 11 is 0. The van der Waals surface area contributed by atoms with Gasteiger partial charge in [0.1, 0.15) is 12.1 Å². The lowest BCUT2D eigenvalue weighted by molar-refractivity contribution is -0.142. The number of aliphatic carboxylic acids is 2. The first-order chi connectivity index (χ1) is 15.5. The van der Waals surface area contributed by atoms with Crippen molar-refractivity contribution in [3.8, 4) is 0 Å². The van der Waals surface area contributed by atoms with E-state index in [0.29, 0.717) is 37.5 Å². The topological polar surface area (TPSA) is 185 Å². The molecule has 0 fully saturated rings. The van der Waals surface area contributed by atoms with E-state index in [1.54, 1.807) is 0 Å². The number of nitrogens with two attached hydrogens (primary N) is 2. The second kappa shape index (κ2) is 17.3. The van der Waals surface area contributed by atoms with Crippen molar-refractivity contribution < 1.29 is 29.4 Å². The van der Waals surface area contributed by atoms with Gasteiger partial charge < -0.3 is 32.3 Å². The summed E-state index contributed by atoms with van der Waals surface area (Å²) in [5, 5.41) is 22.9. The summed E-state index contributed by atoms with van der Waals surface area (Å²) in [5.41, 5.74) is 11.4. The van der Waals surface area contributed by atoms with Gasteiger partial charge in [0.05, 0.1) is 12.1 Å². The third-order valence-corrected chi connectivity index (χ3v) is 4.77. The highest BCUT2D eigenvalue weighted by atomic mass is 16.4. The van der Waals surface area contributed by atoms with Crippen molar-refractivity contribution in [2.75, 3.05) is 0 Å². The summed E-state index contributed by atoms with van der Waals surface area (Å²) in [7, 11) is 0. The summed E-state index contributed by atoms with van der Waals surface area (Å²) in [6, 6.07) is -2.96. The molecule has 0 aromatic heterocycles. The normalized spacial score (nSPS) is 14.8. The minimum absolute atomic E-state index is 0.206. The standard InChI is InChI=1S/2C12H24N2O3/c2*1-7(2)5-9(13)11(15)14-10(12(16)17)6-8(3)4/h2*7-10H,5-6,13H2,1-4H3,(H,14,15)(H,16,17)/t2*9-,10-/m10/s1. The van der Waals surface area contributed by atoms with Crippen LogP contribution in [0.15, 0.2) is 0 Å². The fourth-order valence-electron chi connectivity index (χ4n) is 3.17. The number of carboxylic acid groups (broad SMARTS) is 2. The zero-order valence-corrected chi connectivity index (χ0v) is 22.1. The smallest absolute Gasteiger partial charge is 0.326 e. The van der Waals surface area contributed by atoms with Gasteiger partial charge in [0.25, 0.3) is 0 Å². The minimum atomic E-state index is -1.01. The SMILES string of the molecule is CC(C)C[C@@H](N)C(=O)N[C@H](CC(C)C)C(=O)O.CC(C)C[C@H](NC(=O)[C@@H](N)CC(C)C)C(=O)O. The highest BCUT2D eigenvalue weighted by Gasteiger charge is 2.25. The Balaban J connectivity index is 0. The van der Waals surface area contributed by atoms with Crippen molar-refractivity contribution in [2.45, 2.75) is 105 Å². The maximum absolute atomic E-state index is 11.7. The van der Waals surface area contributed by atoms with Gasteiger partial charge in [0, 0.05) is 0 Å². The highest BCUT2D eigenvalue weighted by Crippen LogP contribution is 2.08. The molecule has 8 N–H and O–H groups in total. The largest absolute Gasteiger partial charge is 0.480 e. The van der Waals surface area contributed by atoms with Gasteiger partial charge in [-0.1, -0.05) is 55.4 Å². The van der Waals surface area contributed by atoms with Gasteiger partial charge in [0.2, 0.25) is 11.8 Å². The Hall–Kier alpha value is -2.20. The van der Waals surface area contributed by atoms with Crippen LogP contribution >= 0.6 is 0 Å². The monoisotopic (exact) mass is 488 g/mol. The average molecular weight is 489 g/mol. The van der Waals surface area contributed by atoms with Crippen LogP contribution in [0, 0.1) is 23.7 Å². The Morgan fingerprint density at radius 2 is 0.794 bits per heavy atom. The summed E-state index contributed by atoms with van der Waals surface area (Å²) < 4.78 is 0. The van der Waals surface area contributed by atoms with Crippen LogP contribution < -0.4 is 22.1 Å². The fraction of sp³-hybridized carbons (Fsp3) is 0.833. The third kappa shape index (κ3) is 17.3. The lowest BCUT2D eigenvalue weighted by Gasteiger charge is -2.20. The van der Waals surface area contributed by atoms with E-state index in [1.165, 1.54) is 0 Å². The quantitative estimate of drug-likeness (QED) is 0.214. The number of rotatable bonds is 14. The summed E-state index contributed by atoms with van der Waals surface area (Å²) in [5.74, 6) is -1.75. The number of nitrogens with one attached hydrogen (secondary N) is 2. The van der Waals surface area contributed by atoms with Crippen molar-refractivity contribution in [3.63, 3.8) is 0 Å². The van der Waals surface area contributed by atoms with Crippen LogP contribution in [-0.2, 0) is 19.2 Å². The van der Waals surface area contributed by atoms with Crippen LogP contribution in [-0.4, -0.2) is 58.1 Å². The molecule has 0 heterocycles. The molecular formula is C24H48N4O6. The van der Waals surface area contributed by atoms with Crippen molar-refractivity contribution in [2.24, 2.45) is 35.1 Å². The van der Waals surface area contributed by atoms with E-state index in [0.717, 1.165) is 0 Å². The van der Waals surface area contributed by atoms with Gasteiger partial charge in [0.15, 0.2) is 0 Å². The van der Waals surface area contributed by atoms with E-state index in [1.807, 2.05) is 55.4 Å². The van der Waals surface area contributed by atoms with Crippen LogP contribution in [0.2, 0.25) is 0 Å². The number of hydrogen-bond donors (Lipinski definition) is 6. The van der Waals surface area contributed by atoms with E-state index in [-0.39, 0.29) is 23.7 Å². The first-order valence-electron chi connectivity index (χ1n) is 12.0. The average Bonchev–Trinajstić information content (AvgIpc) is 2.65. The van der Waals surface area contributed by atoms with Gasteiger partial charge in [-0.2, -0.15) is 0 Å². The molecule has 10 heteroatoms. The van der Waals surface area contributed by atoms with Gasteiger partial charge >= 0.3 is 11.9 Å². The van der Waals surface area contributed by atoms with Gasteiger partial charge in [-0.15, -0.1) is 0 Å². The molecule has 0 spiro atoms. The predicted octanol–water partition coefficient (Wildman–Crippen LogP) is 1.95. The lowest BCUT2D eigenvalue weighted by Crippen LogP contribution is -2.49. The first kappa shape index (κ1) is 34.0. The number of carboxylic acids is 2. The van der Waals surface area contributed by atoms with Crippen molar-refractivity contribution in [1.82, 2.24) is 10.6 Å². The Kier molecular flexibility index (Phi) is 17.3. The summed E-state index contributed by atoms with van der Waals surface area (Å²) in [6.07, 6.45) is 1.94. The van der Waals surface area contributed by atoms with Crippen LogP contribution in [0.1, 0.15) is 81.1 Å². The first-order valence-corrected chi connectivity index (χ1v) is 12.0. The summed E-state index contributed by atoms with van der Waals surface area (Å²) in [6.45, 7) is 15.5. The van der Waals surface area contributed by atoms with Crippen LogP contribution in [0.4, 0.5) is 0 Å². The molecule has 200 valence electrons. The van der Waals surface area contributed by atoms with Crippen LogP contribution in [0.3, 0.4) is 0 Å². The Morgan fingerprint density at radius 3 is 0.971 bits per heavy atom. The van der Waals surface area contributed by atoms with E-state index < -0.39 is 36.1 Å². The second-order valence-electron chi connectivity index (χ2n) is 10.5. The van der Waals surface area contributed by atoms with Gasteiger partial charge in [-0.3, -0.25) is 9.59 Å². The summed E-state index contributed by atoms with van der Waals surface area (Å²) in [4.78, 5) is 45.3. The van der Waals surface area contributed by atoms with Gasteiger partial charge in [-0.05, 0) is 49.4 Å². The fourth-order valence-corrected chi connectivity index (χ4v) is 3.17. The molecule has 0 rings (SSSR count). The molecule has 0 radical (unpaired) electrons. The molecule has 0 aromatic carbocycles. The second-order valence-corrected chi connectivity index (χ2v) is 10.5. The zero-order valence-electron chi connectivity index (χ0n) is 22.1. The van der Waals surface area contributed by atoms with E-state index in [2.05, 4.69) is 10.6 Å². The van der Waals surface area contributed by atoms with Crippen molar-refractivity contribution in [3.05, 3.63) is 0 Å². The molecule has 10 nitrogen and oxygen atoms in total. The Morgan fingerprint density at radius 1 is 0.559 bits per heavy atom. The van der Waals surface area contributed by atoms with E-state index >= 15 is 0 Å². The zero-order chi connectivity index (χ0) is 27.2. The molecule has 2 amide bonds. The minimum Gasteiger partial charge on any atom is -0.480 e. The highest BCUT2D eigenvalue weighted by molar-refractivity contribution is 5.87.